The van der Waals surface area contributed by atoms with Crippen LogP contribution in [0.25, 0.3) is 0 Å². The normalized spacial score (nSPS) is 10.0. The number of halogens is 1. The molecule has 1 aromatic carbocycles. The molecule has 0 unspecified atom stereocenters. The molecule has 120 valence electrons. The van der Waals surface area contributed by atoms with Gasteiger partial charge in [-0.1, -0.05) is 0 Å². The predicted molar refractivity (Wildman–Crippen MR) is 89.1 cm³/mol. The van der Waals surface area contributed by atoms with Crippen molar-refractivity contribution in [1.82, 2.24) is 0 Å². The van der Waals surface area contributed by atoms with Gasteiger partial charge in [0.15, 0.2) is 0 Å². The van der Waals surface area contributed by atoms with Gasteiger partial charge < -0.3 is 14.8 Å². The molecule has 2 aromatic rings. The summed E-state index contributed by atoms with van der Waals surface area (Å²) < 4.78 is 10.1. The molecule has 0 bridgehead atoms. The molecule has 0 saturated carbocycles. The van der Waals surface area contributed by atoms with E-state index in [0.717, 1.165) is 3.79 Å². The first-order valence-electron chi connectivity index (χ1n) is 6.33. The molecule has 0 spiro atoms. The fraction of sp³-hybridized carbons (Fsp3) is 0.133. The number of hydrogen-bond acceptors (Lipinski definition) is 6. The molecule has 6 nitrogen and oxygen atoms in total. The Balaban J connectivity index is 2.34. The molecule has 0 radical (unpaired) electrons. The van der Waals surface area contributed by atoms with Gasteiger partial charge >= 0.3 is 11.9 Å². The number of nitrogens with one attached hydrogen (secondary N) is 1. The molecule has 1 heterocycles. The molecule has 0 aliphatic carbocycles. The number of anilines is 1. The SMILES string of the molecule is COC(=O)c1cc(NC(=O)c2ccc(Br)s2)cc(C(=O)OC)c1. The van der Waals surface area contributed by atoms with E-state index in [2.05, 4.69) is 30.7 Å². The van der Waals surface area contributed by atoms with E-state index in [1.165, 1.54) is 43.8 Å². The molecule has 8 heteroatoms. The topological polar surface area (TPSA) is 81.7 Å². The Kier molecular flexibility index (Phi) is 5.51. The van der Waals surface area contributed by atoms with Crippen LogP contribution in [0, 0.1) is 0 Å². The Bertz CT molecular complexity index is 737. The van der Waals surface area contributed by atoms with Gasteiger partial charge in [0, 0.05) is 5.69 Å². The number of ether oxygens (including phenoxy) is 2. The van der Waals surface area contributed by atoms with Crippen LogP contribution in [0.5, 0.6) is 0 Å². The van der Waals surface area contributed by atoms with Gasteiger partial charge in [-0.25, -0.2) is 9.59 Å². The maximum absolute atomic E-state index is 12.2. The summed E-state index contributed by atoms with van der Waals surface area (Å²) in [5.41, 5.74) is 0.568. The molecule has 0 saturated heterocycles. The lowest BCUT2D eigenvalue weighted by Crippen LogP contribution is -2.13. The summed E-state index contributed by atoms with van der Waals surface area (Å²) in [6.07, 6.45) is 0. The van der Waals surface area contributed by atoms with Gasteiger partial charge in [0.25, 0.3) is 5.91 Å². The number of carbonyl (C=O) groups is 3. The van der Waals surface area contributed by atoms with Crippen molar-refractivity contribution in [3.8, 4) is 0 Å². The third kappa shape index (κ3) is 4.17. The standard InChI is InChI=1S/C15H12BrNO5S/c1-21-14(19)8-5-9(15(20)22-2)7-10(6-8)17-13(18)11-3-4-12(16)23-11/h3-7H,1-2H3,(H,17,18). The van der Waals surface area contributed by atoms with E-state index in [-0.39, 0.29) is 17.0 Å². The smallest absolute Gasteiger partial charge is 0.337 e. The van der Waals surface area contributed by atoms with Crippen molar-refractivity contribution >= 4 is 50.8 Å². The highest BCUT2D eigenvalue weighted by Crippen LogP contribution is 2.24. The fourth-order valence-corrected chi connectivity index (χ4v) is 3.08. The largest absolute Gasteiger partial charge is 0.465 e. The van der Waals surface area contributed by atoms with Crippen LogP contribution >= 0.6 is 27.3 Å². The van der Waals surface area contributed by atoms with Gasteiger partial charge in [-0.05, 0) is 46.3 Å². The second-order valence-corrected chi connectivity index (χ2v) is 6.80. The summed E-state index contributed by atoms with van der Waals surface area (Å²) in [4.78, 5) is 36.1. The summed E-state index contributed by atoms with van der Waals surface area (Å²) in [6.45, 7) is 0. The minimum atomic E-state index is -0.620. The molecule has 1 N–H and O–H groups in total. The zero-order valence-electron chi connectivity index (χ0n) is 12.2. The Hall–Kier alpha value is -2.19. The van der Waals surface area contributed by atoms with Crippen LogP contribution in [0.3, 0.4) is 0 Å². The van der Waals surface area contributed by atoms with Crippen LogP contribution in [-0.4, -0.2) is 32.1 Å². The highest BCUT2D eigenvalue weighted by Gasteiger charge is 2.16. The van der Waals surface area contributed by atoms with E-state index in [0.29, 0.717) is 10.6 Å². The maximum Gasteiger partial charge on any atom is 0.337 e. The zero-order valence-corrected chi connectivity index (χ0v) is 14.6. The van der Waals surface area contributed by atoms with Crippen molar-refractivity contribution < 1.29 is 23.9 Å². The van der Waals surface area contributed by atoms with Gasteiger partial charge in [-0.2, -0.15) is 0 Å². The van der Waals surface area contributed by atoms with Gasteiger partial charge in [0.05, 0.1) is 34.0 Å². The van der Waals surface area contributed by atoms with Gasteiger partial charge in [-0.15, -0.1) is 11.3 Å². The quantitative estimate of drug-likeness (QED) is 0.799. The number of esters is 2. The lowest BCUT2D eigenvalue weighted by molar-refractivity contribution is 0.0599. The summed E-state index contributed by atoms with van der Waals surface area (Å²) in [5.74, 6) is -1.59. The lowest BCUT2D eigenvalue weighted by atomic mass is 10.1. The Morgan fingerprint density at radius 3 is 2.00 bits per heavy atom. The summed E-state index contributed by atoms with van der Waals surface area (Å²) >= 11 is 4.55. The lowest BCUT2D eigenvalue weighted by Gasteiger charge is -2.09. The first-order valence-corrected chi connectivity index (χ1v) is 7.94. The molecular weight excluding hydrogens is 386 g/mol. The van der Waals surface area contributed by atoms with E-state index in [9.17, 15) is 14.4 Å². The molecule has 2 rings (SSSR count). The van der Waals surface area contributed by atoms with Crippen LogP contribution in [0.2, 0.25) is 0 Å². The Morgan fingerprint density at radius 1 is 1.00 bits per heavy atom. The fourth-order valence-electron chi connectivity index (χ4n) is 1.80. The number of benzene rings is 1. The van der Waals surface area contributed by atoms with Crippen LogP contribution in [0.15, 0.2) is 34.1 Å². The van der Waals surface area contributed by atoms with Crippen molar-refractivity contribution in [1.29, 1.82) is 0 Å². The second kappa shape index (κ2) is 7.38. The molecule has 0 aliphatic rings. The average Bonchev–Trinajstić information content (AvgIpc) is 2.99. The molecular formula is C15H12BrNO5S. The van der Waals surface area contributed by atoms with Crippen LogP contribution in [0.1, 0.15) is 30.4 Å². The van der Waals surface area contributed by atoms with Crippen molar-refractivity contribution in [3.05, 3.63) is 50.1 Å². The monoisotopic (exact) mass is 397 g/mol. The molecule has 23 heavy (non-hydrogen) atoms. The zero-order chi connectivity index (χ0) is 17.0. The van der Waals surface area contributed by atoms with Crippen LogP contribution < -0.4 is 5.32 Å². The third-order valence-corrected chi connectivity index (χ3v) is 4.45. The number of carbonyl (C=O) groups excluding carboxylic acids is 3. The Morgan fingerprint density at radius 2 is 1.57 bits per heavy atom. The van der Waals surface area contributed by atoms with E-state index < -0.39 is 11.9 Å². The van der Waals surface area contributed by atoms with Gasteiger partial charge in [-0.3, -0.25) is 4.79 Å². The van der Waals surface area contributed by atoms with Crippen molar-refractivity contribution in [2.24, 2.45) is 0 Å². The number of rotatable bonds is 4. The highest BCUT2D eigenvalue weighted by atomic mass is 79.9. The molecule has 0 fully saturated rings. The van der Waals surface area contributed by atoms with Crippen LogP contribution in [0.4, 0.5) is 5.69 Å². The first-order chi connectivity index (χ1) is 10.9. The van der Waals surface area contributed by atoms with Crippen molar-refractivity contribution in [2.75, 3.05) is 19.5 Å². The summed E-state index contributed by atoms with van der Waals surface area (Å²) in [7, 11) is 2.46. The maximum atomic E-state index is 12.2. The number of hydrogen-bond donors (Lipinski definition) is 1. The van der Waals surface area contributed by atoms with Gasteiger partial charge in [0.1, 0.15) is 0 Å². The van der Waals surface area contributed by atoms with Crippen LogP contribution in [-0.2, 0) is 9.47 Å². The Labute approximate surface area is 144 Å². The highest BCUT2D eigenvalue weighted by molar-refractivity contribution is 9.11. The van der Waals surface area contributed by atoms with Crippen molar-refractivity contribution in [2.45, 2.75) is 0 Å². The van der Waals surface area contributed by atoms with Crippen molar-refractivity contribution in [3.63, 3.8) is 0 Å². The van der Waals surface area contributed by atoms with E-state index in [1.807, 2.05) is 0 Å². The summed E-state index contributed by atoms with van der Waals surface area (Å²) in [6, 6.07) is 7.62. The van der Waals surface area contributed by atoms with E-state index >= 15 is 0 Å². The average molecular weight is 398 g/mol. The molecule has 0 aliphatic heterocycles. The minimum Gasteiger partial charge on any atom is -0.465 e. The van der Waals surface area contributed by atoms with Gasteiger partial charge in [0.2, 0.25) is 0 Å². The van der Waals surface area contributed by atoms with E-state index in [1.54, 1.807) is 12.1 Å². The molecule has 1 amide bonds. The number of amides is 1. The molecule has 0 atom stereocenters. The number of methoxy groups -OCH3 is 2. The van der Waals surface area contributed by atoms with E-state index in [4.69, 9.17) is 0 Å². The first kappa shape index (κ1) is 17.2. The second-order valence-electron chi connectivity index (χ2n) is 4.34. The molecule has 1 aromatic heterocycles. The number of thiophene rings is 1. The predicted octanol–water partition coefficient (Wildman–Crippen LogP) is 3.34. The third-order valence-electron chi connectivity index (χ3n) is 2.83. The minimum absolute atomic E-state index is 0.137. The summed E-state index contributed by atoms with van der Waals surface area (Å²) in [5, 5.41) is 2.65.